The number of hydrogen-bond donors (Lipinski definition) is 3. The fraction of sp³-hybridized carbons (Fsp3) is 0.222. The van der Waals surface area contributed by atoms with Gasteiger partial charge in [-0.1, -0.05) is 0 Å². The maximum absolute atomic E-state index is 13.0. The van der Waals surface area contributed by atoms with Gasteiger partial charge in [0.2, 0.25) is 0 Å². The number of nitrogens with two attached hydrogens (primary N) is 1. The van der Waals surface area contributed by atoms with Gasteiger partial charge < -0.3 is 20.7 Å². The molecule has 0 saturated carbocycles. The molecule has 0 aliphatic carbocycles. The third kappa shape index (κ3) is 3.00. The van der Waals surface area contributed by atoms with Crippen LogP contribution < -0.4 is 10.5 Å². The van der Waals surface area contributed by atoms with Crippen LogP contribution in [0, 0.1) is 5.82 Å². The van der Waals surface area contributed by atoms with Crippen molar-refractivity contribution in [2.45, 2.75) is 12.5 Å². The summed E-state index contributed by atoms with van der Waals surface area (Å²) in [4.78, 5) is 10.5. The predicted octanol–water partition coefficient (Wildman–Crippen LogP) is 1.42. The van der Waals surface area contributed by atoms with E-state index < -0.39 is 41.3 Å². The molecule has 5 nitrogen and oxygen atoms in total. The van der Waals surface area contributed by atoms with Crippen molar-refractivity contribution in [3.05, 3.63) is 23.5 Å². The molecule has 1 aromatic rings. The topological polar surface area (TPSA) is 92.8 Å². The number of benzene rings is 1. The number of hydrogen-bond acceptors (Lipinski definition) is 4. The maximum atomic E-state index is 13.0. The summed E-state index contributed by atoms with van der Waals surface area (Å²) < 4.78 is 52.6. The molecular formula is C9H7F4NO4. The number of anilines is 1. The number of alkyl halides is 3. The first-order valence-electron chi connectivity index (χ1n) is 4.38. The largest absolute Gasteiger partial charge is 0.573 e. The van der Waals surface area contributed by atoms with Crippen LogP contribution in [0.15, 0.2) is 12.1 Å². The molecule has 0 saturated heterocycles. The Bertz CT molecular complexity index is 474. The molecule has 1 rings (SSSR count). The van der Waals surface area contributed by atoms with E-state index in [-0.39, 0.29) is 0 Å². The van der Waals surface area contributed by atoms with Crippen molar-refractivity contribution in [2.75, 3.05) is 5.73 Å². The molecule has 1 atom stereocenters. The fourth-order valence-electron chi connectivity index (χ4n) is 1.17. The molecule has 1 aromatic carbocycles. The molecule has 1 unspecified atom stereocenters. The van der Waals surface area contributed by atoms with Crippen LogP contribution in [0.1, 0.15) is 11.7 Å². The highest BCUT2D eigenvalue weighted by Crippen LogP contribution is 2.37. The molecule has 18 heavy (non-hydrogen) atoms. The molecule has 0 heterocycles. The third-order valence-corrected chi connectivity index (χ3v) is 1.92. The van der Waals surface area contributed by atoms with Crippen molar-refractivity contribution in [2.24, 2.45) is 0 Å². The molecule has 100 valence electrons. The van der Waals surface area contributed by atoms with Gasteiger partial charge in [-0.15, -0.1) is 13.2 Å². The van der Waals surface area contributed by atoms with E-state index in [1.54, 1.807) is 0 Å². The molecule has 0 spiro atoms. The number of rotatable bonds is 3. The fourth-order valence-corrected chi connectivity index (χ4v) is 1.17. The van der Waals surface area contributed by atoms with E-state index in [4.69, 9.17) is 15.9 Å². The first-order valence-corrected chi connectivity index (χ1v) is 4.38. The van der Waals surface area contributed by atoms with E-state index in [1.807, 2.05) is 0 Å². The SMILES string of the molecule is Nc1c(F)ccc(C(O)C(=O)O)c1OC(F)(F)F. The third-order valence-electron chi connectivity index (χ3n) is 1.92. The average Bonchev–Trinajstić information content (AvgIpc) is 2.22. The van der Waals surface area contributed by atoms with E-state index in [0.717, 1.165) is 0 Å². The normalized spacial score (nSPS) is 13.2. The standard InChI is InChI=1S/C9H7F4NO4/c10-4-2-1-3(6(15)8(16)17)7(5(4)14)18-9(11,12)13/h1-2,6,15H,14H2,(H,16,17). The van der Waals surface area contributed by atoms with Crippen LogP contribution in [-0.4, -0.2) is 22.5 Å². The van der Waals surface area contributed by atoms with Crippen LogP contribution in [0.2, 0.25) is 0 Å². The number of carbonyl (C=O) groups is 1. The molecule has 0 aliphatic heterocycles. The summed E-state index contributed by atoms with van der Waals surface area (Å²) in [7, 11) is 0. The number of halogens is 4. The van der Waals surface area contributed by atoms with Crippen molar-refractivity contribution in [1.29, 1.82) is 0 Å². The lowest BCUT2D eigenvalue weighted by Crippen LogP contribution is -2.21. The zero-order valence-electron chi connectivity index (χ0n) is 8.53. The Morgan fingerprint density at radius 1 is 1.39 bits per heavy atom. The number of ether oxygens (including phenoxy) is 1. The van der Waals surface area contributed by atoms with Gasteiger partial charge in [0.05, 0.1) is 0 Å². The monoisotopic (exact) mass is 269 g/mol. The van der Waals surface area contributed by atoms with Gasteiger partial charge in [0, 0.05) is 5.56 Å². The van der Waals surface area contributed by atoms with E-state index >= 15 is 0 Å². The first-order chi connectivity index (χ1) is 8.13. The van der Waals surface area contributed by atoms with Gasteiger partial charge in [0.15, 0.2) is 11.9 Å². The summed E-state index contributed by atoms with van der Waals surface area (Å²) in [5.41, 5.74) is 3.19. The molecule has 0 aromatic heterocycles. The van der Waals surface area contributed by atoms with Gasteiger partial charge in [-0.2, -0.15) is 0 Å². The second kappa shape index (κ2) is 4.69. The number of carboxylic acid groups (broad SMARTS) is 1. The van der Waals surface area contributed by atoms with Crippen LogP contribution in [0.25, 0.3) is 0 Å². The van der Waals surface area contributed by atoms with Crippen molar-refractivity contribution >= 4 is 11.7 Å². The summed E-state index contributed by atoms with van der Waals surface area (Å²) in [5.74, 6) is -4.32. The number of nitrogen functional groups attached to an aromatic ring is 1. The number of carboxylic acids is 1. The van der Waals surface area contributed by atoms with Gasteiger partial charge >= 0.3 is 12.3 Å². The Morgan fingerprint density at radius 2 is 1.94 bits per heavy atom. The minimum absolute atomic E-state index is 0.625. The summed E-state index contributed by atoms with van der Waals surface area (Å²) >= 11 is 0. The molecule has 9 heteroatoms. The second-order valence-corrected chi connectivity index (χ2v) is 3.17. The van der Waals surface area contributed by atoms with Crippen LogP contribution in [0.3, 0.4) is 0 Å². The first kappa shape index (κ1) is 14.0. The smallest absolute Gasteiger partial charge is 0.479 e. The minimum Gasteiger partial charge on any atom is -0.479 e. The summed E-state index contributed by atoms with van der Waals surface area (Å²) in [6.07, 6.45) is -7.51. The molecule has 4 N–H and O–H groups in total. The molecule has 0 fully saturated rings. The van der Waals surface area contributed by atoms with Gasteiger partial charge in [-0.25, -0.2) is 9.18 Å². The van der Waals surface area contributed by atoms with Gasteiger partial charge in [-0.3, -0.25) is 0 Å². The lowest BCUT2D eigenvalue weighted by molar-refractivity contribution is -0.274. The van der Waals surface area contributed by atoms with Crippen molar-refractivity contribution in [1.82, 2.24) is 0 Å². The van der Waals surface area contributed by atoms with E-state index in [2.05, 4.69) is 4.74 Å². The van der Waals surface area contributed by atoms with Crippen molar-refractivity contribution in [3.8, 4) is 5.75 Å². The lowest BCUT2D eigenvalue weighted by atomic mass is 10.1. The lowest BCUT2D eigenvalue weighted by Gasteiger charge is -2.17. The number of aliphatic hydroxyl groups excluding tert-OH is 1. The van der Waals surface area contributed by atoms with Gasteiger partial charge in [0.1, 0.15) is 11.5 Å². The van der Waals surface area contributed by atoms with Crippen LogP contribution in [0.4, 0.5) is 23.2 Å². The second-order valence-electron chi connectivity index (χ2n) is 3.17. The van der Waals surface area contributed by atoms with Crippen LogP contribution in [-0.2, 0) is 4.79 Å². The highest BCUT2D eigenvalue weighted by molar-refractivity contribution is 5.77. The Kier molecular flexibility index (Phi) is 3.65. The highest BCUT2D eigenvalue weighted by atomic mass is 19.4. The summed E-state index contributed by atoms with van der Waals surface area (Å²) in [5, 5.41) is 17.7. The average molecular weight is 269 g/mol. The van der Waals surface area contributed by atoms with Crippen molar-refractivity contribution in [3.63, 3.8) is 0 Å². The van der Waals surface area contributed by atoms with Crippen LogP contribution in [0.5, 0.6) is 5.75 Å². The molecular weight excluding hydrogens is 262 g/mol. The number of aliphatic hydroxyl groups is 1. The van der Waals surface area contributed by atoms with Crippen molar-refractivity contribution < 1.29 is 37.3 Å². The molecule has 0 amide bonds. The molecule has 0 bridgehead atoms. The molecule has 0 radical (unpaired) electrons. The van der Waals surface area contributed by atoms with E-state index in [0.29, 0.717) is 12.1 Å². The number of aliphatic carboxylic acids is 1. The van der Waals surface area contributed by atoms with E-state index in [9.17, 15) is 22.4 Å². The Morgan fingerprint density at radius 3 is 2.39 bits per heavy atom. The van der Waals surface area contributed by atoms with E-state index in [1.165, 1.54) is 0 Å². The minimum atomic E-state index is -5.20. The Hall–Kier alpha value is -2.03. The molecule has 0 aliphatic rings. The summed E-state index contributed by atoms with van der Waals surface area (Å²) in [6.45, 7) is 0. The Balaban J connectivity index is 3.34. The summed E-state index contributed by atoms with van der Waals surface area (Å²) in [6, 6.07) is 1.27. The van der Waals surface area contributed by atoms with Crippen LogP contribution >= 0.6 is 0 Å². The highest BCUT2D eigenvalue weighted by Gasteiger charge is 2.35. The maximum Gasteiger partial charge on any atom is 0.573 e. The predicted molar refractivity (Wildman–Crippen MR) is 50.1 cm³/mol. The Labute approximate surface area is 97.4 Å². The van der Waals surface area contributed by atoms with Gasteiger partial charge in [-0.05, 0) is 12.1 Å². The van der Waals surface area contributed by atoms with Gasteiger partial charge in [0.25, 0.3) is 0 Å². The zero-order chi connectivity index (χ0) is 14.1. The quantitative estimate of drug-likeness (QED) is 0.570. The zero-order valence-corrected chi connectivity index (χ0v) is 8.53.